The second kappa shape index (κ2) is 16.6. The Labute approximate surface area is 284 Å². The predicted octanol–water partition coefficient (Wildman–Crippen LogP) is 7.48. The van der Waals surface area contributed by atoms with E-state index in [1.165, 1.54) is 0 Å². The monoisotopic (exact) mass is 725 g/mol. The number of carboxylic acid groups (broad SMARTS) is 2. The number of aryl methyl sites for hydroxylation is 1. The molecule has 0 amide bonds. The number of nitrogen functional groups attached to an aromatic ring is 1. The summed E-state index contributed by atoms with van der Waals surface area (Å²) in [5.41, 5.74) is 9.62. The highest BCUT2D eigenvalue weighted by atomic mass is 19.4. The molecule has 7 N–H and O–H groups in total. The number of halogens is 7. The van der Waals surface area contributed by atoms with Gasteiger partial charge in [-0.2, -0.15) is 26.3 Å². The van der Waals surface area contributed by atoms with Gasteiger partial charge in [0, 0.05) is 28.4 Å². The lowest BCUT2D eigenvalue weighted by atomic mass is 9.99. The van der Waals surface area contributed by atoms with Gasteiger partial charge >= 0.3 is 24.3 Å². The number of fused-ring (bicyclic) bond motifs is 1. The molecule has 1 unspecified atom stereocenters. The van der Waals surface area contributed by atoms with Crippen LogP contribution < -0.4 is 15.8 Å². The maximum absolute atomic E-state index is 15.8. The molecule has 0 radical (unpaired) electrons. The SMILES string of the molecule is CCOc1cc(CC)cc(C(Nc2ccc3c(N)nccc3c2)c2ncc(-c3cccc(O)c3)[nH]2)c1F.O=C(O)C(F)(F)F.O=C(O)C(F)(F)F. The molecule has 0 bridgehead atoms. The maximum atomic E-state index is 15.8. The molecule has 18 heteroatoms. The summed E-state index contributed by atoms with van der Waals surface area (Å²) in [5.74, 6) is -4.63. The molecular weight excluding hydrogens is 695 g/mol. The number of carboxylic acids is 2. The molecule has 0 fully saturated rings. The number of H-pyrrole nitrogens is 1. The molecule has 51 heavy (non-hydrogen) atoms. The Kier molecular flexibility index (Phi) is 12.8. The predicted molar refractivity (Wildman–Crippen MR) is 172 cm³/mol. The van der Waals surface area contributed by atoms with Gasteiger partial charge in [-0.15, -0.1) is 0 Å². The van der Waals surface area contributed by atoms with Crippen molar-refractivity contribution in [3.05, 3.63) is 95.8 Å². The maximum Gasteiger partial charge on any atom is 0.490 e. The molecular formula is C33H30F7N5O6. The van der Waals surface area contributed by atoms with E-state index >= 15 is 4.39 Å². The van der Waals surface area contributed by atoms with Crippen LogP contribution >= 0.6 is 0 Å². The number of pyridine rings is 1. The van der Waals surface area contributed by atoms with Gasteiger partial charge < -0.3 is 36.1 Å². The number of nitrogens with zero attached hydrogens (tertiary/aromatic N) is 2. The third-order valence-corrected chi connectivity index (χ3v) is 6.76. The van der Waals surface area contributed by atoms with Gasteiger partial charge in [0.15, 0.2) is 11.6 Å². The van der Waals surface area contributed by atoms with E-state index in [0.29, 0.717) is 29.5 Å². The average molecular weight is 726 g/mol. The van der Waals surface area contributed by atoms with Crippen LogP contribution in [0, 0.1) is 5.82 Å². The first-order valence-corrected chi connectivity index (χ1v) is 14.7. The van der Waals surface area contributed by atoms with Crippen LogP contribution in [0.2, 0.25) is 0 Å². The number of hydrogen-bond donors (Lipinski definition) is 6. The number of nitrogens with one attached hydrogen (secondary N) is 2. The summed E-state index contributed by atoms with van der Waals surface area (Å²) in [6, 6.07) is 17.4. The molecule has 0 saturated carbocycles. The Morgan fingerprint density at radius 3 is 2.16 bits per heavy atom. The largest absolute Gasteiger partial charge is 0.508 e. The number of aromatic nitrogens is 3. The summed E-state index contributed by atoms with van der Waals surface area (Å²) in [6.07, 6.45) is -6.11. The number of nitrogens with two attached hydrogens (primary N) is 1. The number of aliphatic carboxylic acids is 2. The van der Waals surface area contributed by atoms with E-state index in [1.54, 1.807) is 36.7 Å². The lowest BCUT2D eigenvalue weighted by Crippen LogP contribution is -2.21. The molecule has 0 aliphatic heterocycles. The van der Waals surface area contributed by atoms with Crippen molar-refractivity contribution in [2.45, 2.75) is 38.7 Å². The van der Waals surface area contributed by atoms with Gasteiger partial charge in [0.05, 0.1) is 18.5 Å². The highest BCUT2D eigenvalue weighted by Crippen LogP contribution is 2.35. The molecule has 2 aromatic heterocycles. The van der Waals surface area contributed by atoms with Gasteiger partial charge in [-0.25, -0.2) is 23.9 Å². The minimum Gasteiger partial charge on any atom is -0.508 e. The third kappa shape index (κ3) is 10.7. The van der Waals surface area contributed by atoms with Gasteiger partial charge in [-0.1, -0.05) is 25.1 Å². The molecule has 0 aliphatic rings. The van der Waals surface area contributed by atoms with Gasteiger partial charge in [-0.05, 0) is 66.8 Å². The van der Waals surface area contributed by atoms with E-state index in [1.807, 2.05) is 50.2 Å². The zero-order valence-electron chi connectivity index (χ0n) is 26.6. The summed E-state index contributed by atoms with van der Waals surface area (Å²) in [4.78, 5) is 29.9. The van der Waals surface area contributed by atoms with Crippen molar-refractivity contribution in [3.8, 4) is 22.8 Å². The summed E-state index contributed by atoms with van der Waals surface area (Å²) in [5, 5.41) is 29.4. The van der Waals surface area contributed by atoms with Crippen molar-refractivity contribution in [1.29, 1.82) is 0 Å². The second-order valence-corrected chi connectivity index (χ2v) is 10.3. The number of phenols is 1. The van der Waals surface area contributed by atoms with Crippen LogP contribution in [0.5, 0.6) is 11.5 Å². The molecule has 11 nitrogen and oxygen atoms in total. The van der Waals surface area contributed by atoms with Crippen molar-refractivity contribution in [2.75, 3.05) is 17.7 Å². The molecule has 5 aromatic rings. The fourth-order valence-corrected chi connectivity index (χ4v) is 4.41. The number of carbonyl (C=O) groups is 2. The second-order valence-electron chi connectivity index (χ2n) is 10.3. The van der Waals surface area contributed by atoms with Crippen LogP contribution in [0.1, 0.15) is 36.8 Å². The number of alkyl halides is 6. The van der Waals surface area contributed by atoms with E-state index in [9.17, 15) is 31.4 Å². The van der Waals surface area contributed by atoms with Crippen LogP contribution in [0.25, 0.3) is 22.0 Å². The van der Waals surface area contributed by atoms with Crippen molar-refractivity contribution in [3.63, 3.8) is 0 Å². The number of ether oxygens (including phenoxy) is 1. The van der Waals surface area contributed by atoms with Crippen LogP contribution in [-0.4, -0.2) is 61.2 Å². The molecule has 0 spiro atoms. The number of aromatic hydroxyl groups is 1. The van der Waals surface area contributed by atoms with Gasteiger partial charge in [0.2, 0.25) is 0 Å². The number of imidazole rings is 1. The molecule has 0 aliphatic carbocycles. The fraction of sp³-hybridized carbons (Fsp3) is 0.212. The molecule has 3 aromatic carbocycles. The Hall–Kier alpha value is -6.07. The van der Waals surface area contributed by atoms with Crippen LogP contribution in [0.3, 0.4) is 0 Å². The number of rotatable bonds is 8. The fourth-order valence-electron chi connectivity index (χ4n) is 4.41. The molecule has 1 atom stereocenters. The van der Waals surface area contributed by atoms with Gasteiger partial charge in [0.25, 0.3) is 0 Å². The Morgan fingerprint density at radius 2 is 1.59 bits per heavy atom. The van der Waals surface area contributed by atoms with E-state index in [4.69, 9.17) is 30.3 Å². The van der Waals surface area contributed by atoms with Crippen molar-refractivity contribution in [1.82, 2.24) is 15.0 Å². The van der Waals surface area contributed by atoms with E-state index < -0.39 is 36.2 Å². The number of phenolic OH excluding ortho intramolecular Hbond substituents is 1. The van der Waals surface area contributed by atoms with E-state index in [-0.39, 0.29) is 11.5 Å². The molecule has 0 saturated heterocycles. The zero-order valence-corrected chi connectivity index (χ0v) is 26.6. The summed E-state index contributed by atoms with van der Waals surface area (Å²) in [7, 11) is 0. The topological polar surface area (TPSA) is 184 Å². The minimum absolute atomic E-state index is 0.149. The third-order valence-electron chi connectivity index (χ3n) is 6.76. The average Bonchev–Trinajstić information content (AvgIpc) is 3.55. The quantitative estimate of drug-likeness (QED) is 0.0877. The smallest absolute Gasteiger partial charge is 0.490 e. The number of hydrogen-bond acceptors (Lipinski definition) is 8. The summed E-state index contributed by atoms with van der Waals surface area (Å²) < 4.78 is 84.9. The first-order valence-electron chi connectivity index (χ1n) is 14.7. The van der Waals surface area contributed by atoms with Gasteiger partial charge in [-0.3, -0.25) is 0 Å². The number of anilines is 2. The number of benzene rings is 3. The first-order chi connectivity index (χ1) is 23.8. The van der Waals surface area contributed by atoms with Crippen molar-refractivity contribution < 1.29 is 60.4 Å². The van der Waals surface area contributed by atoms with Gasteiger partial charge in [0.1, 0.15) is 23.4 Å². The molecule has 2 heterocycles. The number of aromatic amines is 1. The van der Waals surface area contributed by atoms with Crippen LogP contribution in [-0.2, 0) is 16.0 Å². The highest BCUT2D eigenvalue weighted by molar-refractivity contribution is 5.93. The zero-order chi connectivity index (χ0) is 38.1. The van der Waals surface area contributed by atoms with Crippen LogP contribution in [0.4, 0.5) is 42.2 Å². The highest BCUT2D eigenvalue weighted by Gasteiger charge is 2.39. The van der Waals surface area contributed by atoms with Crippen molar-refractivity contribution in [2.24, 2.45) is 0 Å². The van der Waals surface area contributed by atoms with Crippen molar-refractivity contribution >= 4 is 34.2 Å². The normalized spacial score (nSPS) is 11.8. The van der Waals surface area contributed by atoms with E-state index in [0.717, 1.165) is 34.0 Å². The summed E-state index contributed by atoms with van der Waals surface area (Å²) in [6.45, 7) is 4.20. The molecule has 5 rings (SSSR count). The van der Waals surface area contributed by atoms with Crippen LogP contribution in [0.15, 0.2) is 73.1 Å². The Balaban J connectivity index is 0.000000424. The standard InChI is InChI=1S/C29H28FN5O2.2C2HF3O2/c1-3-17-12-23(26(30)25(13-17)37-4-2)27(29-33-16-24(35-29)19-6-5-7-21(36)15-19)34-20-8-9-22-18(14-20)10-11-32-28(22)31;2*3-2(4,5)1(6)7/h5-16,27,34,36H,3-4H2,1-2H3,(H2,31,32)(H,33,35);2*(H,6,7). The first kappa shape index (κ1) is 39.4. The molecule has 272 valence electrons. The lowest BCUT2D eigenvalue weighted by Gasteiger charge is -2.22. The van der Waals surface area contributed by atoms with E-state index in [2.05, 4.69) is 20.3 Å². The minimum atomic E-state index is -5.08. The Morgan fingerprint density at radius 1 is 0.941 bits per heavy atom. The Bertz CT molecular complexity index is 1960. The summed E-state index contributed by atoms with van der Waals surface area (Å²) >= 11 is 0. The lowest BCUT2D eigenvalue weighted by molar-refractivity contribution is -0.193.